The summed E-state index contributed by atoms with van der Waals surface area (Å²) in [6.07, 6.45) is -0.243. The Balaban J connectivity index is 1.98. The molecule has 0 radical (unpaired) electrons. The Kier molecular flexibility index (Phi) is 3.90. The zero-order valence-electron chi connectivity index (χ0n) is 12.0. The summed E-state index contributed by atoms with van der Waals surface area (Å²) in [5.41, 5.74) is 2.42. The van der Waals surface area contributed by atoms with Crippen LogP contribution in [0.25, 0.3) is 0 Å². The van der Waals surface area contributed by atoms with Gasteiger partial charge in [0.25, 0.3) is 5.91 Å². The first-order chi connectivity index (χ1) is 10.2. The number of ether oxygens (including phenoxy) is 1. The van der Waals surface area contributed by atoms with Crippen LogP contribution in [0.3, 0.4) is 0 Å². The molecule has 0 bridgehead atoms. The minimum absolute atomic E-state index is 0.0112. The molecule has 110 valence electrons. The highest BCUT2D eigenvalue weighted by atomic mass is 32.1. The Morgan fingerprint density at radius 1 is 1.43 bits per heavy atom. The lowest BCUT2D eigenvalue weighted by Gasteiger charge is -2.36. The minimum atomic E-state index is -0.243. The highest BCUT2D eigenvalue weighted by Crippen LogP contribution is 2.33. The molecule has 2 heterocycles. The van der Waals surface area contributed by atoms with Crippen molar-refractivity contribution in [2.45, 2.75) is 13.1 Å². The number of hydrogen-bond donors (Lipinski definition) is 1. The summed E-state index contributed by atoms with van der Waals surface area (Å²) >= 11 is 1.59. The van der Waals surface area contributed by atoms with E-state index >= 15 is 0 Å². The van der Waals surface area contributed by atoms with Gasteiger partial charge < -0.3 is 15.0 Å². The van der Waals surface area contributed by atoms with Gasteiger partial charge in [-0.05, 0) is 19.1 Å². The van der Waals surface area contributed by atoms with Crippen LogP contribution in [0.1, 0.15) is 27.2 Å². The monoisotopic (exact) mass is 303 g/mol. The number of aromatic nitrogens is 1. The quantitative estimate of drug-likeness (QED) is 0.943. The fourth-order valence-electron chi connectivity index (χ4n) is 2.45. The number of hydrogen-bond acceptors (Lipinski definition) is 5. The molecular formula is C15H17N3O2S. The molecule has 21 heavy (non-hydrogen) atoms. The first-order valence-electron chi connectivity index (χ1n) is 6.78. The summed E-state index contributed by atoms with van der Waals surface area (Å²) in [5, 5.41) is 6.39. The third-order valence-corrected chi connectivity index (χ3v) is 4.27. The third kappa shape index (κ3) is 2.64. The van der Waals surface area contributed by atoms with Crippen LogP contribution >= 0.6 is 11.3 Å². The van der Waals surface area contributed by atoms with Crippen LogP contribution in [0.4, 0.5) is 5.69 Å². The summed E-state index contributed by atoms with van der Waals surface area (Å²) in [6.45, 7) is 2.99. The molecule has 0 saturated carbocycles. The molecule has 0 aliphatic carbocycles. The van der Waals surface area contributed by atoms with Gasteiger partial charge in [-0.15, -0.1) is 11.3 Å². The number of rotatable bonds is 4. The molecule has 0 fully saturated rings. The molecule has 1 aromatic carbocycles. The van der Waals surface area contributed by atoms with Crippen LogP contribution in [0.5, 0.6) is 0 Å². The van der Waals surface area contributed by atoms with E-state index in [1.54, 1.807) is 23.3 Å². The molecule has 1 aliphatic rings. The van der Waals surface area contributed by atoms with Crippen LogP contribution in [0, 0.1) is 6.92 Å². The molecule has 1 atom stereocenters. The zero-order valence-corrected chi connectivity index (χ0v) is 12.8. The van der Waals surface area contributed by atoms with Crippen molar-refractivity contribution in [2.75, 3.05) is 25.6 Å². The predicted molar refractivity (Wildman–Crippen MR) is 82.6 cm³/mol. The fraction of sp³-hybridized carbons (Fsp3) is 0.333. The Morgan fingerprint density at radius 2 is 2.24 bits per heavy atom. The SMILES string of the molecule is COCCN1C(=O)c2ccccc2N[C@@H]1c1csc(C)n1. The minimum Gasteiger partial charge on any atom is -0.383 e. The van der Waals surface area contributed by atoms with Gasteiger partial charge in [-0.3, -0.25) is 4.79 Å². The molecule has 1 aromatic heterocycles. The summed E-state index contributed by atoms with van der Waals surface area (Å²) in [4.78, 5) is 19.0. The second kappa shape index (κ2) is 5.83. The largest absolute Gasteiger partial charge is 0.383 e. The average molecular weight is 303 g/mol. The fourth-order valence-corrected chi connectivity index (χ4v) is 3.08. The van der Waals surface area contributed by atoms with E-state index in [4.69, 9.17) is 4.74 Å². The van der Waals surface area contributed by atoms with E-state index in [1.165, 1.54) is 0 Å². The highest BCUT2D eigenvalue weighted by Gasteiger charge is 2.33. The molecule has 1 amide bonds. The first kappa shape index (κ1) is 14.0. The van der Waals surface area contributed by atoms with Gasteiger partial charge in [0, 0.05) is 24.7 Å². The van der Waals surface area contributed by atoms with Gasteiger partial charge in [0.05, 0.1) is 22.9 Å². The molecule has 6 heteroatoms. The number of nitrogens with one attached hydrogen (secondary N) is 1. The average Bonchev–Trinajstić information content (AvgIpc) is 2.93. The maximum absolute atomic E-state index is 12.7. The van der Waals surface area contributed by atoms with Crippen molar-refractivity contribution in [1.82, 2.24) is 9.88 Å². The molecule has 3 rings (SSSR count). The number of aryl methyl sites for hydroxylation is 1. The van der Waals surface area contributed by atoms with Crippen molar-refractivity contribution in [3.05, 3.63) is 45.9 Å². The van der Waals surface area contributed by atoms with Crippen molar-refractivity contribution >= 4 is 22.9 Å². The number of amides is 1. The van der Waals surface area contributed by atoms with E-state index < -0.39 is 0 Å². The lowest BCUT2D eigenvalue weighted by Crippen LogP contribution is -2.44. The number of carbonyl (C=O) groups is 1. The number of para-hydroxylation sites is 1. The molecule has 0 unspecified atom stereocenters. The van der Waals surface area contributed by atoms with E-state index in [0.717, 1.165) is 16.4 Å². The normalized spacial score (nSPS) is 17.5. The van der Waals surface area contributed by atoms with Crippen molar-refractivity contribution in [3.8, 4) is 0 Å². The molecule has 1 aliphatic heterocycles. The van der Waals surface area contributed by atoms with Gasteiger partial charge >= 0.3 is 0 Å². The van der Waals surface area contributed by atoms with Crippen molar-refractivity contribution in [2.24, 2.45) is 0 Å². The number of thiazole rings is 1. The van der Waals surface area contributed by atoms with Gasteiger partial charge in [0.1, 0.15) is 6.17 Å². The number of benzene rings is 1. The van der Waals surface area contributed by atoms with E-state index in [9.17, 15) is 4.79 Å². The van der Waals surface area contributed by atoms with E-state index in [2.05, 4.69) is 10.3 Å². The van der Waals surface area contributed by atoms with Crippen LogP contribution in [-0.4, -0.2) is 36.1 Å². The van der Waals surface area contributed by atoms with Gasteiger partial charge in [-0.1, -0.05) is 12.1 Å². The maximum Gasteiger partial charge on any atom is 0.257 e. The molecule has 0 spiro atoms. The van der Waals surface area contributed by atoms with Crippen LogP contribution in [0.2, 0.25) is 0 Å². The zero-order chi connectivity index (χ0) is 14.8. The Hall–Kier alpha value is -1.92. The van der Waals surface area contributed by atoms with Gasteiger partial charge in [-0.2, -0.15) is 0 Å². The second-order valence-electron chi connectivity index (χ2n) is 4.88. The standard InChI is InChI=1S/C15H17N3O2S/c1-10-16-13(9-21-10)14-17-12-6-4-3-5-11(12)15(19)18(14)7-8-20-2/h3-6,9,14,17H,7-8H2,1-2H3/t14-/m0/s1. The Morgan fingerprint density at radius 3 is 2.95 bits per heavy atom. The second-order valence-corrected chi connectivity index (χ2v) is 5.94. The summed E-state index contributed by atoms with van der Waals surface area (Å²) in [5.74, 6) is 0.0112. The molecule has 0 saturated heterocycles. The predicted octanol–water partition coefficient (Wildman–Crippen LogP) is 2.66. The van der Waals surface area contributed by atoms with Gasteiger partial charge in [0.15, 0.2) is 0 Å². The van der Waals surface area contributed by atoms with Gasteiger partial charge in [0.2, 0.25) is 0 Å². The van der Waals surface area contributed by atoms with E-state index in [1.807, 2.05) is 36.6 Å². The third-order valence-electron chi connectivity index (χ3n) is 3.48. The molecule has 5 nitrogen and oxygen atoms in total. The van der Waals surface area contributed by atoms with E-state index in [0.29, 0.717) is 18.7 Å². The first-order valence-corrected chi connectivity index (χ1v) is 7.66. The topological polar surface area (TPSA) is 54.5 Å². The lowest BCUT2D eigenvalue weighted by molar-refractivity contribution is 0.0606. The van der Waals surface area contributed by atoms with Crippen LogP contribution in [0.15, 0.2) is 29.6 Å². The van der Waals surface area contributed by atoms with Crippen molar-refractivity contribution in [1.29, 1.82) is 0 Å². The number of nitrogens with zero attached hydrogens (tertiary/aromatic N) is 2. The highest BCUT2D eigenvalue weighted by molar-refractivity contribution is 7.09. The summed E-state index contributed by atoms with van der Waals surface area (Å²) in [7, 11) is 1.64. The lowest BCUT2D eigenvalue weighted by atomic mass is 10.1. The number of anilines is 1. The molecule has 2 aromatic rings. The van der Waals surface area contributed by atoms with Crippen molar-refractivity contribution < 1.29 is 9.53 Å². The maximum atomic E-state index is 12.7. The summed E-state index contributed by atoms with van der Waals surface area (Å²) in [6, 6.07) is 7.56. The summed E-state index contributed by atoms with van der Waals surface area (Å²) < 4.78 is 5.13. The molecular weight excluding hydrogens is 286 g/mol. The number of methoxy groups -OCH3 is 1. The number of fused-ring (bicyclic) bond motifs is 1. The van der Waals surface area contributed by atoms with Crippen molar-refractivity contribution in [3.63, 3.8) is 0 Å². The Bertz CT molecular complexity index is 656. The van der Waals surface area contributed by atoms with Crippen LogP contribution < -0.4 is 5.32 Å². The number of carbonyl (C=O) groups excluding carboxylic acids is 1. The van der Waals surface area contributed by atoms with Gasteiger partial charge in [-0.25, -0.2) is 4.98 Å². The Labute approximate surface area is 127 Å². The molecule has 1 N–H and O–H groups in total. The van der Waals surface area contributed by atoms with E-state index in [-0.39, 0.29) is 12.1 Å². The van der Waals surface area contributed by atoms with Crippen LogP contribution in [-0.2, 0) is 4.74 Å². The smallest absolute Gasteiger partial charge is 0.257 e.